The molecule has 0 spiro atoms. The van der Waals surface area contributed by atoms with Gasteiger partial charge in [0.25, 0.3) is 0 Å². The molecule has 0 unspecified atom stereocenters. The van der Waals surface area contributed by atoms with Crippen molar-refractivity contribution in [1.82, 2.24) is 9.97 Å². The van der Waals surface area contributed by atoms with Gasteiger partial charge in [0.1, 0.15) is 17.2 Å². The van der Waals surface area contributed by atoms with E-state index in [-0.39, 0.29) is 12.4 Å². The van der Waals surface area contributed by atoms with Crippen LogP contribution in [0.2, 0.25) is 0 Å². The smallest absolute Gasteiger partial charge is 0.319 e. The molecule has 0 aliphatic carbocycles. The van der Waals surface area contributed by atoms with E-state index >= 15 is 0 Å². The number of carboxylic acid groups (broad SMARTS) is 1. The Labute approximate surface area is 167 Å². The topological polar surface area (TPSA) is 100 Å². The maximum atomic E-state index is 11.0. The van der Waals surface area contributed by atoms with Crippen LogP contribution in [0.5, 0.6) is 29.1 Å². The molecule has 0 aliphatic heterocycles. The van der Waals surface area contributed by atoms with Crippen LogP contribution in [0.1, 0.15) is 5.56 Å². The molecule has 0 saturated carbocycles. The summed E-state index contributed by atoms with van der Waals surface area (Å²) in [6.45, 7) is 0. The van der Waals surface area contributed by atoms with Gasteiger partial charge < -0.3 is 24.1 Å². The van der Waals surface area contributed by atoms with E-state index in [0.717, 1.165) is 5.56 Å². The maximum Gasteiger partial charge on any atom is 0.319 e. The van der Waals surface area contributed by atoms with Gasteiger partial charge in [-0.3, -0.25) is 4.79 Å². The number of aromatic nitrogens is 2. The summed E-state index contributed by atoms with van der Waals surface area (Å²) >= 11 is 0. The van der Waals surface area contributed by atoms with Gasteiger partial charge in [-0.25, -0.2) is 4.98 Å². The van der Waals surface area contributed by atoms with Gasteiger partial charge in [0.15, 0.2) is 0 Å². The van der Waals surface area contributed by atoms with Crippen molar-refractivity contribution in [1.29, 1.82) is 0 Å². The molecule has 29 heavy (non-hydrogen) atoms. The number of carbonyl (C=O) groups is 1. The first-order valence-corrected chi connectivity index (χ1v) is 8.65. The molecule has 1 N–H and O–H groups in total. The first kappa shape index (κ1) is 19.9. The van der Waals surface area contributed by atoms with E-state index in [1.165, 1.54) is 21.3 Å². The van der Waals surface area contributed by atoms with Gasteiger partial charge in [-0.2, -0.15) is 4.98 Å². The van der Waals surface area contributed by atoms with Crippen LogP contribution in [0.3, 0.4) is 0 Å². The number of hydrogen-bond donors (Lipinski definition) is 1. The third-order valence-corrected chi connectivity index (χ3v) is 4.02. The molecule has 8 heteroatoms. The van der Waals surface area contributed by atoms with E-state index in [0.29, 0.717) is 34.3 Å². The van der Waals surface area contributed by atoms with E-state index in [9.17, 15) is 4.79 Å². The Kier molecular flexibility index (Phi) is 6.13. The molecule has 1 heterocycles. The van der Waals surface area contributed by atoms with Crippen LogP contribution in [0.4, 0.5) is 0 Å². The summed E-state index contributed by atoms with van der Waals surface area (Å²) in [4.78, 5) is 19.4. The minimum atomic E-state index is -0.933. The zero-order chi connectivity index (χ0) is 20.8. The van der Waals surface area contributed by atoms with Crippen molar-refractivity contribution in [3.05, 3.63) is 54.2 Å². The monoisotopic (exact) mass is 396 g/mol. The molecule has 150 valence electrons. The lowest BCUT2D eigenvalue weighted by Gasteiger charge is -2.12. The SMILES string of the molecule is COc1cc(CC(=O)O)cc(Oc2cccc(-c3cnc(OC)nc3OC)c2)c1. The van der Waals surface area contributed by atoms with Gasteiger partial charge in [0.05, 0.1) is 33.3 Å². The molecular weight excluding hydrogens is 376 g/mol. The average Bonchev–Trinajstić information content (AvgIpc) is 2.72. The van der Waals surface area contributed by atoms with Crippen LogP contribution in [0.15, 0.2) is 48.7 Å². The second kappa shape index (κ2) is 8.92. The Bertz CT molecular complexity index is 1020. The highest BCUT2D eigenvalue weighted by molar-refractivity contribution is 5.71. The van der Waals surface area contributed by atoms with Crippen LogP contribution in [0.25, 0.3) is 11.1 Å². The zero-order valence-corrected chi connectivity index (χ0v) is 16.2. The summed E-state index contributed by atoms with van der Waals surface area (Å²) in [5, 5.41) is 9.05. The fraction of sp³-hybridized carbons (Fsp3) is 0.190. The van der Waals surface area contributed by atoms with Crippen molar-refractivity contribution >= 4 is 5.97 Å². The van der Waals surface area contributed by atoms with Crippen molar-refractivity contribution in [2.45, 2.75) is 6.42 Å². The molecule has 1 aromatic heterocycles. The van der Waals surface area contributed by atoms with Crippen LogP contribution in [0, 0.1) is 0 Å². The first-order valence-electron chi connectivity index (χ1n) is 8.65. The number of aliphatic carboxylic acids is 1. The molecule has 0 amide bonds. The Morgan fingerprint density at radius 1 is 0.966 bits per heavy atom. The van der Waals surface area contributed by atoms with E-state index in [4.69, 9.17) is 24.1 Å². The Morgan fingerprint density at radius 2 is 1.76 bits per heavy atom. The lowest BCUT2D eigenvalue weighted by molar-refractivity contribution is -0.136. The highest BCUT2D eigenvalue weighted by atomic mass is 16.5. The largest absolute Gasteiger partial charge is 0.497 e. The highest BCUT2D eigenvalue weighted by Gasteiger charge is 2.12. The van der Waals surface area contributed by atoms with Gasteiger partial charge in [-0.1, -0.05) is 12.1 Å². The molecule has 3 aromatic rings. The van der Waals surface area contributed by atoms with E-state index < -0.39 is 5.97 Å². The van der Waals surface area contributed by atoms with Crippen molar-refractivity contribution in [2.75, 3.05) is 21.3 Å². The summed E-state index contributed by atoms with van der Waals surface area (Å²) in [6, 6.07) is 12.5. The lowest BCUT2D eigenvalue weighted by atomic mass is 10.1. The van der Waals surface area contributed by atoms with Crippen LogP contribution >= 0.6 is 0 Å². The fourth-order valence-electron chi connectivity index (χ4n) is 2.75. The third-order valence-electron chi connectivity index (χ3n) is 4.02. The molecule has 0 aliphatic rings. The van der Waals surface area contributed by atoms with E-state index in [1.807, 2.05) is 18.2 Å². The van der Waals surface area contributed by atoms with Gasteiger partial charge in [-0.15, -0.1) is 0 Å². The third kappa shape index (κ3) is 4.92. The minimum absolute atomic E-state index is 0.131. The zero-order valence-electron chi connectivity index (χ0n) is 16.2. The van der Waals surface area contributed by atoms with Crippen LogP contribution in [-0.2, 0) is 11.2 Å². The molecule has 3 rings (SSSR count). The summed E-state index contributed by atoms with van der Waals surface area (Å²) < 4.78 is 21.6. The van der Waals surface area contributed by atoms with E-state index in [1.54, 1.807) is 30.5 Å². The Balaban J connectivity index is 1.92. The minimum Gasteiger partial charge on any atom is -0.497 e. The quantitative estimate of drug-likeness (QED) is 0.617. The second-order valence-electron chi connectivity index (χ2n) is 6.00. The molecule has 0 saturated heterocycles. The number of benzene rings is 2. The fourth-order valence-corrected chi connectivity index (χ4v) is 2.75. The molecule has 0 fully saturated rings. The molecule has 0 radical (unpaired) electrons. The van der Waals surface area contributed by atoms with E-state index in [2.05, 4.69) is 9.97 Å². The lowest BCUT2D eigenvalue weighted by Crippen LogP contribution is -2.01. The van der Waals surface area contributed by atoms with Gasteiger partial charge in [-0.05, 0) is 35.4 Å². The molecular formula is C21H20N2O6. The summed E-state index contributed by atoms with van der Waals surface area (Å²) in [5.74, 6) is 0.975. The molecule has 2 aromatic carbocycles. The second-order valence-corrected chi connectivity index (χ2v) is 6.00. The molecule has 0 bridgehead atoms. The number of rotatable bonds is 8. The summed E-state index contributed by atoms with van der Waals surface area (Å²) in [6.07, 6.45) is 1.48. The summed E-state index contributed by atoms with van der Waals surface area (Å²) in [5.41, 5.74) is 2.04. The predicted molar refractivity (Wildman–Crippen MR) is 105 cm³/mol. The van der Waals surface area contributed by atoms with Gasteiger partial charge in [0.2, 0.25) is 5.88 Å². The Morgan fingerprint density at radius 3 is 2.45 bits per heavy atom. The number of ether oxygens (including phenoxy) is 4. The highest BCUT2D eigenvalue weighted by Crippen LogP contribution is 2.33. The first-order chi connectivity index (χ1) is 14.0. The van der Waals surface area contributed by atoms with Crippen molar-refractivity contribution in [3.63, 3.8) is 0 Å². The van der Waals surface area contributed by atoms with Crippen LogP contribution < -0.4 is 18.9 Å². The normalized spacial score (nSPS) is 10.3. The van der Waals surface area contributed by atoms with Gasteiger partial charge in [0, 0.05) is 12.3 Å². The standard InChI is InChI=1S/C21H20N2O6/c1-26-16-7-13(9-19(24)25)8-17(11-16)29-15-6-4-5-14(10-15)18-12-22-21(28-3)23-20(18)27-2/h4-8,10-12H,9H2,1-3H3,(H,24,25). The number of methoxy groups -OCH3 is 3. The number of nitrogens with zero attached hydrogens (tertiary/aromatic N) is 2. The number of carboxylic acids is 1. The number of hydrogen-bond acceptors (Lipinski definition) is 7. The molecule has 0 atom stereocenters. The van der Waals surface area contributed by atoms with Gasteiger partial charge >= 0.3 is 12.0 Å². The summed E-state index contributed by atoms with van der Waals surface area (Å²) in [7, 11) is 4.52. The average molecular weight is 396 g/mol. The van der Waals surface area contributed by atoms with Crippen molar-refractivity contribution < 1.29 is 28.8 Å². The predicted octanol–water partition coefficient (Wildman–Crippen LogP) is 3.59. The maximum absolute atomic E-state index is 11.0. The van der Waals surface area contributed by atoms with Crippen molar-refractivity contribution in [2.24, 2.45) is 0 Å². The molecule has 8 nitrogen and oxygen atoms in total. The Hall–Kier alpha value is -3.81. The van der Waals surface area contributed by atoms with Crippen molar-refractivity contribution in [3.8, 4) is 40.3 Å². The van der Waals surface area contributed by atoms with Crippen LogP contribution in [-0.4, -0.2) is 42.4 Å².